The van der Waals surface area contributed by atoms with Gasteiger partial charge in [0.25, 0.3) is 5.91 Å². The summed E-state index contributed by atoms with van der Waals surface area (Å²) in [7, 11) is 3.04. The Bertz CT molecular complexity index is 740. The summed E-state index contributed by atoms with van der Waals surface area (Å²) in [4.78, 5) is 16.0. The van der Waals surface area contributed by atoms with Gasteiger partial charge in [-0.2, -0.15) is 4.39 Å². The number of halogens is 4. The topological polar surface area (TPSA) is 33.2 Å². The smallest absolute Gasteiger partial charge is 0.256 e. The van der Waals surface area contributed by atoms with Crippen molar-refractivity contribution >= 4 is 29.3 Å². The van der Waals surface area contributed by atoms with E-state index in [0.717, 1.165) is 0 Å². The molecule has 1 aromatic carbocycles. The molecule has 0 spiro atoms. The van der Waals surface area contributed by atoms with Crippen LogP contribution in [0.4, 0.5) is 13.2 Å². The van der Waals surface area contributed by atoms with Crippen molar-refractivity contribution in [2.75, 3.05) is 14.1 Å². The van der Waals surface area contributed by atoms with Crippen LogP contribution in [0.1, 0.15) is 10.4 Å². The maximum absolute atomic E-state index is 13.7. The van der Waals surface area contributed by atoms with Gasteiger partial charge in [0.2, 0.25) is 5.95 Å². The average Bonchev–Trinajstić information content (AvgIpc) is 2.47. The number of hydrogen-bond acceptors (Lipinski definition) is 3. The number of hydrogen-bond donors (Lipinski definition) is 0. The molecule has 0 aliphatic carbocycles. The Balaban J connectivity index is 2.54. The molecule has 1 amide bonds. The van der Waals surface area contributed by atoms with E-state index in [1.165, 1.54) is 37.2 Å². The summed E-state index contributed by atoms with van der Waals surface area (Å²) in [5, 5.41) is 0.138. The Morgan fingerprint density at radius 3 is 2.59 bits per heavy atom. The zero-order chi connectivity index (χ0) is 16.4. The second-order valence-corrected chi connectivity index (χ2v) is 5.91. The van der Waals surface area contributed by atoms with Gasteiger partial charge >= 0.3 is 0 Å². The lowest BCUT2D eigenvalue weighted by Gasteiger charge is -2.15. The van der Waals surface area contributed by atoms with Crippen LogP contribution in [0.5, 0.6) is 0 Å². The van der Waals surface area contributed by atoms with Crippen LogP contribution in [-0.2, 0) is 0 Å². The van der Waals surface area contributed by atoms with E-state index in [-0.39, 0.29) is 15.5 Å². The van der Waals surface area contributed by atoms with Crippen LogP contribution >= 0.6 is 23.4 Å². The fraction of sp³-hybridized carbons (Fsp3) is 0.143. The van der Waals surface area contributed by atoms with Gasteiger partial charge in [-0.15, -0.1) is 0 Å². The highest BCUT2D eigenvalue weighted by molar-refractivity contribution is 7.99. The summed E-state index contributed by atoms with van der Waals surface area (Å²) >= 11 is 6.59. The summed E-state index contributed by atoms with van der Waals surface area (Å²) in [5.74, 6) is -4.27. The van der Waals surface area contributed by atoms with E-state index in [9.17, 15) is 18.0 Å². The van der Waals surface area contributed by atoms with Gasteiger partial charge < -0.3 is 4.90 Å². The Hall–Kier alpha value is -1.73. The van der Waals surface area contributed by atoms with Crippen LogP contribution in [0.15, 0.2) is 34.2 Å². The molecule has 8 heteroatoms. The molecule has 0 atom stereocenters. The first-order valence-electron chi connectivity index (χ1n) is 6.00. The third-order valence-corrected chi connectivity index (χ3v) is 4.15. The van der Waals surface area contributed by atoms with Crippen molar-refractivity contribution in [1.29, 1.82) is 0 Å². The van der Waals surface area contributed by atoms with Crippen molar-refractivity contribution < 1.29 is 18.0 Å². The number of rotatable bonds is 3. The Kier molecular flexibility index (Phi) is 4.97. The van der Waals surface area contributed by atoms with Crippen LogP contribution in [0, 0.1) is 17.6 Å². The highest BCUT2D eigenvalue weighted by Crippen LogP contribution is 2.37. The molecular formula is C14H10ClF3N2OS. The molecule has 0 unspecified atom stereocenters. The van der Waals surface area contributed by atoms with Gasteiger partial charge in [0.15, 0.2) is 11.6 Å². The summed E-state index contributed by atoms with van der Waals surface area (Å²) in [6.07, 6.45) is 0.582. The first-order chi connectivity index (χ1) is 10.3. The average molecular weight is 347 g/mol. The number of nitrogens with zero attached hydrogens (tertiary/aromatic N) is 2. The van der Waals surface area contributed by atoms with Crippen LogP contribution < -0.4 is 0 Å². The summed E-state index contributed by atoms with van der Waals surface area (Å²) in [5.41, 5.74) is 0.0928. The van der Waals surface area contributed by atoms with Gasteiger partial charge in [0, 0.05) is 19.0 Å². The molecule has 0 bridgehead atoms. The number of carbonyl (C=O) groups excluding carboxylic acids is 1. The van der Waals surface area contributed by atoms with Crippen LogP contribution in [0.3, 0.4) is 0 Å². The standard InChI is InChI=1S/C14H10ClF3N2OS/c1-20(2)14(21)10-7(15)4-3-5-9(10)22-12-8(16)6-19-13(18)11(12)17/h3-6H,1-2H3. The molecule has 0 N–H and O–H groups in total. The molecule has 116 valence electrons. The van der Waals surface area contributed by atoms with Crippen molar-refractivity contribution in [1.82, 2.24) is 9.88 Å². The zero-order valence-electron chi connectivity index (χ0n) is 11.5. The number of pyridine rings is 1. The monoisotopic (exact) mass is 346 g/mol. The first kappa shape index (κ1) is 16.6. The molecule has 0 saturated carbocycles. The molecule has 2 rings (SSSR count). The minimum atomic E-state index is -1.41. The molecular weight excluding hydrogens is 337 g/mol. The van der Waals surface area contributed by atoms with Crippen LogP contribution in [0.25, 0.3) is 0 Å². The lowest BCUT2D eigenvalue weighted by molar-refractivity contribution is 0.0824. The van der Waals surface area contributed by atoms with Gasteiger partial charge in [-0.25, -0.2) is 13.8 Å². The molecule has 1 aromatic heterocycles. The third kappa shape index (κ3) is 3.20. The number of benzene rings is 1. The van der Waals surface area contributed by atoms with E-state index in [4.69, 9.17) is 11.6 Å². The normalized spacial score (nSPS) is 10.6. The third-order valence-electron chi connectivity index (χ3n) is 2.70. The molecule has 2 aromatic rings. The minimum absolute atomic E-state index is 0.0928. The SMILES string of the molecule is CN(C)C(=O)c1c(Cl)cccc1Sc1c(F)cnc(F)c1F. The number of aromatic nitrogens is 1. The summed E-state index contributed by atoms with van der Waals surface area (Å²) in [6.45, 7) is 0. The highest BCUT2D eigenvalue weighted by Gasteiger charge is 2.22. The largest absolute Gasteiger partial charge is 0.345 e. The van der Waals surface area contributed by atoms with E-state index in [2.05, 4.69) is 4.98 Å². The van der Waals surface area contributed by atoms with Gasteiger partial charge in [0.05, 0.1) is 21.7 Å². The van der Waals surface area contributed by atoms with Gasteiger partial charge in [-0.3, -0.25) is 4.79 Å². The van der Waals surface area contributed by atoms with Crippen LogP contribution in [0.2, 0.25) is 5.02 Å². The zero-order valence-corrected chi connectivity index (χ0v) is 13.1. The lowest BCUT2D eigenvalue weighted by Crippen LogP contribution is -2.22. The molecule has 1 heterocycles. The predicted octanol–water partition coefficient (Wildman–Crippen LogP) is 4.01. The molecule has 0 saturated heterocycles. The van der Waals surface area contributed by atoms with E-state index in [0.29, 0.717) is 18.0 Å². The second-order valence-electron chi connectivity index (χ2n) is 4.45. The first-order valence-corrected chi connectivity index (χ1v) is 7.20. The Labute approximate surface area is 134 Å². The predicted molar refractivity (Wildman–Crippen MR) is 77.7 cm³/mol. The second kappa shape index (κ2) is 6.58. The Morgan fingerprint density at radius 2 is 1.95 bits per heavy atom. The molecule has 0 aliphatic rings. The van der Waals surface area contributed by atoms with E-state index in [1.54, 1.807) is 0 Å². The van der Waals surface area contributed by atoms with E-state index < -0.39 is 28.4 Å². The molecule has 0 aliphatic heterocycles. The van der Waals surface area contributed by atoms with E-state index in [1.807, 2.05) is 0 Å². The fourth-order valence-electron chi connectivity index (χ4n) is 1.65. The molecule has 22 heavy (non-hydrogen) atoms. The number of carbonyl (C=O) groups is 1. The summed E-state index contributed by atoms with van der Waals surface area (Å²) in [6, 6.07) is 4.50. The Morgan fingerprint density at radius 1 is 1.27 bits per heavy atom. The summed E-state index contributed by atoms with van der Waals surface area (Å²) < 4.78 is 40.6. The van der Waals surface area contributed by atoms with Crippen molar-refractivity contribution in [2.45, 2.75) is 9.79 Å². The van der Waals surface area contributed by atoms with Gasteiger partial charge in [0.1, 0.15) is 0 Å². The fourth-order valence-corrected chi connectivity index (χ4v) is 2.95. The minimum Gasteiger partial charge on any atom is -0.345 e. The van der Waals surface area contributed by atoms with Crippen molar-refractivity contribution in [2.24, 2.45) is 0 Å². The molecule has 0 fully saturated rings. The molecule has 3 nitrogen and oxygen atoms in total. The quantitative estimate of drug-likeness (QED) is 0.787. The van der Waals surface area contributed by atoms with Gasteiger partial charge in [-0.1, -0.05) is 29.4 Å². The maximum atomic E-state index is 13.7. The van der Waals surface area contributed by atoms with E-state index >= 15 is 0 Å². The van der Waals surface area contributed by atoms with Crippen molar-refractivity contribution in [3.63, 3.8) is 0 Å². The lowest BCUT2D eigenvalue weighted by atomic mass is 10.2. The molecule has 0 radical (unpaired) electrons. The van der Waals surface area contributed by atoms with Crippen molar-refractivity contribution in [3.8, 4) is 0 Å². The van der Waals surface area contributed by atoms with Crippen LogP contribution in [-0.4, -0.2) is 29.9 Å². The maximum Gasteiger partial charge on any atom is 0.256 e. The number of amides is 1. The van der Waals surface area contributed by atoms with Gasteiger partial charge in [-0.05, 0) is 12.1 Å². The van der Waals surface area contributed by atoms with Crippen molar-refractivity contribution in [3.05, 3.63) is 52.6 Å². The highest BCUT2D eigenvalue weighted by atomic mass is 35.5.